The van der Waals surface area contributed by atoms with Crippen molar-refractivity contribution in [3.8, 4) is 17.0 Å². The number of carbonyl (C=O) groups is 1. The quantitative estimate of drug-likeness (QED) is 0.730. The zero-order valence-electron chi connectivity index (χ0n) is 18.7. The molecule has 0 saturated heterocycles. The van der Waals surface area contributed by atoms with E-state index in [9.17, 15) is 14.3 Å². The predicted octanol–water partition coefficient (Wildman–Crippen LogP) is 3.45. The lowest BCUT2D eigenvalue weighted by molar-refractivity contribution is 0.0331. The van der Waals surface area contributed by atoms with E-state index in [1.807, 2.05) is 20.9 Å². The molecule has 0 fully saturated rings. The van der Waals surface area contributed by atoms with Crippen molar-refractivity contribution in [3.63, 3.8) is 0 Å². The van der Waals surface area contributed by atoms with Crippen LogP contribution in [0.2, 0.25) is 0 Å². The lowest BCUT2D eigenvalue weighted by atomic mass is 9.99. The van der Waals surface area contributed by atoms with Crippen molar-refractivity contribution in [2.24, 2.45) is 5.92 Å². The first-order chi connectivity index (χ1) is 14.8. The number of rotatable bonds is 7. The second kappa shape index (κ2) is 10.2. The van der Waals surface area contributed by atoms with Gasteiger partial charge in [-0.15, -0.1) is 0 Å². The Morgan fingerprint density at radius 1 is 1.35 bits per heavy atom. The van der Waals surface area contributed by atoms with Crippen LogP contribution < -0.4 is 4.74 Å². The van der Waals surface area contributed by atoms with E-state index >= 15 is 0 Å². The fraction of sp³-hybridized carbons (Fsp3) is 0.500. The second-order valence-electron chi connectivity index (χ2n) is 8.44. The normalized spacial score (nSPS) is 20.1. The van der Waals surface area contributed by atoms with Gasteiger partial charge in [-0.3, -0.25) is 4.79 Å². The van der Waals surface area contributed by atoms with E-state index in [1.165, 1.54) is 6.07 Å². The fourth-order valence-electron chi connectivity index (χ4n) is 3.94. The minimum absolute atomic E-state index is 0.0402. The number of benzene rings is 1. The Bertz CT molecular complexity index is 907. The number of ether oxygens (including phenoxy) is 1. The molecule has 1 aliphatic rings. The topological polar surface area (TPSA) is 65.9 Å². The maximum Gasteiger partial charge on any atom is 0.259 e. The van der Waals surface area contributed by atoms with Gasteiger partial charge in [0.25, 0.3) is 5.91 Å². The smallest absolute Gasteiger partial charge is 0.259 e. The number of carbonyl (C=O) groups excluding carboxylic acids is 1. The first-order valence-electron chi connectivity index (χ1n) is 10.9. The van der Waals surface area contributed by atoms with Crippen molar-refractivity contribution in [1.29, 1.82) is 0 Å². The van der Waals surface area contributed by atoms with Crippen LogP contribution in [0.15, 0.2) is 36.5 Å². The highest BCUT2D eigenvalue weighted by Gasteiger charge is 2.34. The molecule has 0 bridgehead atoms. The number of nitrogens with zero attached hydrogens (tertiary/aromatic N) is 3. The summed E-state index contributed by atoms with van der Waals surface area (Å²) < 4.78 is 20.6. The van der Waals surface area contributed by atoms with Gasteiger partial charge >= 0.3 is 0 Å². The molecule has 0 saturated carbocycles. The van der Waals surface area contributed by atoms with Gasteiger partial charge in [0.05, 0.1) is 12.6 Å². The molecule has 1 N–H and O–H groups in total. The highest BCUT2D eigenvalue weighted by Crippen LogP contribution is 2.31. The van der Waals surface area contributed by atoms with E-state index in [1.54, 1.807) is 35.4 Å². The number of aliphatic hydroxyl groups is 1. The first-order valence-corrected chi connectivity index (χ1v) is 10.9. The molecule has 3 rings (SSSR count). The molecule has 3 atom stereocenters. The molecule has 0 radical (unpaired) electrons. The molecular formula is C24H32FN3O3. The van der Waals surface area contributed by atoms with Crippen molar-refractivity contribution < 1.29 is 19.0 Å². The van der Waals surface area contributed by atoms with Gasteiger partial charge in [0.1, 0.15) is 17.5 Å². The van der Waals surface area contributed by atoms with Gasteiger partial charge in [-0.2, -0.15) is 0 Å². The molecule has 168 valence electrons. The highest BCUT2D eigenvalue weighted by molar-refractivity contribution is 5.98. The van der Waals surface area contributed by atoms with Gasteiger partial charge in [-0.1, -0.05) is 32.0 Å². The van der Waals surface area contributed by atoms with Crippen LogP contribution >= 0.6 is 0 Å². The Morgan fingerprint density at radius 3 is 2.77 bits per heavy atom. The van der Waals surface area contributed by atoms with E-state index in [0.29, 0.717) is 24.2 Å². The fourth-order valence-corrected chi connectivity index (χ4v) is 3.94. The summed E-state index contributed by atoms with van der Waals surface area (Å²) in [5.41, 5.74) is 1.18. The number of aromatic nitrogens is 1. The molecule has 1 aromatic heterocycles. The van der Waals surface area contributed by atoms with Crippen LogP contribution in [0.3, 0.4) is 0 Å². The van der Waals surface area contributed by atoms with Gasteiger partial charge in [0.15, 0.2) is 0 Å². The molecule has 0 aliphatic carbocycles. The van der Waals surface area contributed by atoms with Crippen molar-refractivity contribution in [1.82, 2.24) is 14.8 Å². The number of amides is 1. The molecule has 31 heavy (non-hydrogen) atoms. The maximum atomic E-state index is 14.3. The standard InChI is InChI=1S/C24H32FN3O3/c1-5-10-27(4)14-22-16(2)13-28(17(3)15-29)24(30)20-11-18(12-26-23(20)31-22)19-8-6-7-9-21(19)25/h6-9,11-12,16-17,22,29H,5,10,13-15H2,1-4H3/t16-,17+,22+/m0/s1. The summed E-state index contributed by atoms with van der Waals surface area (Å²) in [4.78, 5) is 21.7. The van der Waals surface area contributed by atoms with Crippen LogP contribution in [0.5, 0.6) is 5.88 Å². The molecule has 6 nitrogen and oxygen atoms in total. The number of likely N-dealkylation sites (N-methyl/N-ethyl adjacent to an activating group) is 1. The lowest BCUT2D eigenvalue weighted by Crippen LogP contribution is -2.50. The number of aliphatic hydroxyl groups excluding tert-OH is 1. The largest absolute Gasteiger partial charge is 0.472 e. The van der Waals surface area contributed by atoms with Crippen molar-refractivity contribution in [2.45, 2.75) is 39.3 Å². The summed E-state index contributed by atoms with van der Waals surface area (Å²) >= 11 is 0. The summed E-state index contributed by atoms with van der Waals surface area (Å²) in [6, 6.07) is 7.69. The molecule has 1 aliphatic heterocycles. The van der Waals surface area contributed by atoms with E-state index in [2.05, 4.69) is 16.8 Å². The third-order valence-electron chi connectivity index (χ3n) is 5.80. The van der Waals surface area contributed by atoms with Crippen LogP contribution in [0.1, 0.15) is 37.6 Å². The van der Waals surface area contributed by atoms with Gasteiger partial charge in [0, 0.05) is 36.3 Å². The Balaban J connectivity index is 2.04. The molecule has 0 spiro atoms. The molecule has 1 amide bonds. The Morgan fingerprint density at radius 2 is 2.10 bits per heavy atom. The van der Waals surface area contributed by atoms with Crippen molar-refractivity contribution >= 4 is 5.91 Å². The van der Waals surface area contributed by atoms with Gasteiger partial charge in [-0.05, 0) is 39.1 Å². The Hall–Kier alpha value is -2.51. The number of pyridine rings is 1. The van der Waals surface area contributed by atoms with E-state index in [-0.39, 0.29) is 47.8 Å². The van der Waals surface area contributed by atoms with Crippen molar-refractivity contribution in [3.05, 3.63) is 47.9 Å². The van der Waals surface area contributed by atoms with E-state index in [0.717, 1.165) is 13.0 Å². The Kier molecular flexibility index (Phi) is 7.62. The summed E-state index contributed by atoms with van der Waals surface area (Å²) in [6.45, 7) is 7.94. The molecular weight excluding hydrogens is 397 g/mol. The second-order valence-corrected chi connectivity index (χ2v) is 8.44. The average molecular weight is 430 g/mol. The molecule has 7 heteroatoms. The summed E-state index contributed by atoms with van der Waals surface area (Å²) in [6.07, 6.45) is 2.40. The van der Waals surface area contributed by atoms with Gasteiger partial charge < -0.3 is 19.6 Å². The molecule has 2 heterocycles. The lowest BCUT2D eigenvalue weighted by Gasteiger charge is -2.37. The van der Waals surface area contributed by atoms with E-state index in [4.69, 9.17) is 4.74 Å². The minimum Gasteiger partial charge on any atom is -0.472 e. The van der Waals surface area contributed by atoms with Crippen LogP contribution in [0, 0.1) is 11.7 Å². The number of hydrogen-bond acceptors (Lipinski definition) is 5. The van der Waals surface area contributed by atoms with Crippen LogP contribution in [-0.4, -0.2) is 71.2 Å². The van der Waals surface area contributed by atoms with Crippen LogP contribution in [0.25, 0.3) is 11.1 Å². The summed E-state index contributed by atoms with van der Waals surface area (Å²) in [7, 11) is 2.05. The summed E-state index contributed by atoms with van der Waals surface area (Å²) in [5.74, 6) is -0.355. The number of hydrogen-bond donors (Lipinski definition) is 1. The third-order valence-corrected chi connectivity index (χ3v) is 5.80. The zero-order chi connectivity index (χ0) is 22.5. The molecule has 1 aromatic carbocycles. The zero-order valence-corrected chi connectivity index (χ0v) is 18.7. The van der Waals surface area contributed by atoms with Crippen LogP contribution in [-0.2, 0) is 0 Å². The number of fused-ring (bicyclic) bond motifs is 1. The minimum atomic E-state index is -0.378. The summed E-state index contributed by atoms with van der Waals surface area (Å²) in [5, 5.41) is 9.75. The van der Waals surface area contributed by atoms with Gasteiger partial charge in [0.2, 0.25) is 5.88 Å². The average Bonchev–Trinajstić information content (AvgIpc) is 2.76. The predicted molar refractivity (Wildman–Crippen MR) is 119 cm³/mol. The third kappa shape index (κ3) is 5.22. The monoisotopic (exact) mass is 429 g/mol. The SMILES string of the molecule is CCCN(C)C[C@H]1Oc2ncc(-c3ccccc3F)cc2C(=O)N([C@H](C)CO)C[C@@H]1C. The Labute approximate surface area is 183 Å². The van der Waals surface area contributed by atoms with Gasteiger partial charge in [-0.25, -0.2) is 9.37 Å². The maximum absolute atomic E-state index is 14.3. The van der Waals surface area contributed by atoms with Crippen molar-refractivity contribution in [2.75, 3.05) is 33.3 Å². The number of halogens is 1. The van der Waals surface area contributed by atoms with Crippen LogP contribution in [0.4, 0.5) is 4.39 Å². The molecule has 2 aromatic rings. The first kappa shape index (κ1) is 23.2. The highest BCUT2D eigenvalue weighted by atomic mass is 19.1. The molecule has 0 unspecified atom stereocenters. The van der Waals surface area contributed by atoms with E-state index < -0.39 is 0 Å².